The number of hydrogen-bond donors (Lipinski definition) is 3. The molecule has 1 rings (SSSR count). The normalized spacial score (nSPS) is 24.8. The monoisotopic (exact) mass is 228 g/mol. The fraction of sp³-hybridized carbons (Fsp3) is 0.917. The van der Waals surface area contributed by atoms with E-state index in [4.69, 9.17) is 5.11 Å². The first-order valence-corrected chi connectivity index (χ1v) is 6.27. The molecule has 94 valence electrons. The van der Waals surface area contributed by atoms with Crippen molar-refractivity contribution in [3.63, 3.8) is 0 Å². The number of amides is 1. The SMILES string of the molecule is CCC(C)(CCO)NC(=O)[C@@H]1CCCCN1. The van der Waals surface area contributed by atoms with Crippen LogP contribution in [0.4, 0.5) is 0 Å². The van der Waals surface area contributed by atoms with Crippen LogP contribution in [0.25, 0.3) is 0 Å². The Hall–Kier alpha value is -0.610. The van der Waals surface area contributed by atoms with Crippen LogP contribution in [0.5, 0.6) is 0 Å². The fourth-order valence-corrected chi connectivity index (χ4v) is 2.03. The van der Waals surface area contributed by atoms with Crippen molar-refractivity contribution in [2.75, 3.05) is 13.2 Å². The molecule has 2 atom stereocenters. The van der Waals surface area contributed by atoms with Crippen molar-refractivity contribution in [3.8, 4) is 0 Å². The zero-order valence-corrected chi connectivity index (χ0v) is 10.4. The van der Waals surface area contributed by atoms with E-state index in [0.29, 0.717) is 6.42 Å². The molecule has 1 unspecified atom stereocenters. The van der Waals surface area contributed by atoms with Gasteiger partial charge in [-0.2, -0.15) is 0 Å². The van der Waals surface area contributed by atoms with Gasteiger partial charge in [-0.1, -0.05) is 13.3 Å². The molecule has 0 spiro atoms. The molecule has 16 heavy (non-hydrogen) atoms. The Morgan fingerprint density at radius 3 is 2.81 bits per heavy atom. The zero-order chi connectivity index (χ0) is 12.0. The molecule has 0 aromatic rings. The number of aliphatic hydroxyl groups excluding tert-OH is 1. The number of piperidine rings is 1. The van der Waals surface area contributed by atoms with Crippen molar-refractivity contribution < 1.29 is 9.90 Å². The second-order valence-electron chi connectivity index (χ2n) is 4.88. The minimum Gasteiger partial charge on any atom is -0.396 e. The minimum absolute atomic E-state index is 0.0432. The predicted molar refractivity (Wildman–Crippen MR) is 64.2 cm³/mol. The topological polar surface area (TPSA) is 61.4 Å². The molecule has 0 bridgehead atoms. The molecule has 1 heterocycles. The quantitative estimate of drug-likeness (QED) is 0.652. The predicted octanol–water partition coefficient (Wildman–Crippen LogP) is 0.796. The first kappa shape index (κ1) is 13.5. The van der Waals surface area contributed by atoms with Gasteiger partial charge in [0.2, 0.25) is 5.91 Å². The van der Waals surface area contributed by atoms with E-state index in [0.717, 1.165) is 32.2 Å². The molecule has 1 saturated heterocycles. The van der Waals surface area contributed by atoms with Crippen LogP contribution in [0.3, 0.4) is 0 Å². The largest absolute Gasteiger partial charge is 0.396 e. The number of hydrogen-bond acceptors (Lipinski definition) is 3. The third kappa shape index (κ3) is 3.76. The highest BCUT2D eigenvalue weighted by atomic mass is 16.3. The average molecular weight is 228 g/mol. The molecule has 1 fully saturated rings. The maximum atomic E-state index is 12.0. The molecule has 1 aliphatic rings. The summed E-state index contributed by atoms with van der Waals surface area (Å²) in [6.45, 7) is 5.07. The van der Waals surface area contributed by atoms with Gasteiger partial charge in [0.1, 0.15) is 0 Å². The van der Waals surface area contributed by atoms with E-state index in [1.165, 1.54) is 0 Å². The standard InChI is InChI=1S/C12H24N2O2/c1-3-12(2,7-9-15)14-11(16)10-6-4-5-8-13-10/h10,13,15H,3-9H2,1-2H3,(H,14,16)/t10-,12?/m0/s1. The Kier molecular flexibility index (Phi) is 5.22. The summed E-state index contributed by atoms with van der Waals surface area (Å²) >= 11 is 0. The van der Waals surface area contributed by atoms with Gasteiger partial charge in [0.05, 0.1) is 6.04 Å². The number of carbonyl (C=O) groups is 1. The molecular weight excluding hydrogens is 204 g/mol. The smallest absolute Gasteiger partial charge is 0.237 e. The third-order valence-electron chi connectivity index (χ3n) is 3.50. The van der Waals surface area contributed by atoms with E-state index in [1.54, 1.807) is 0 Å². The maximum Gasteiger partial charge on any atom is 0.237 e. The number of nitrogens with one attached hydrogen (secondary N) is 2. The first-order valence-electron chi connectivity index (χ1n) is 6.27. The number of carbonyl (C=O) groups excluding carboxylic acids is 1. The lowest BCUT2D eigenvalue weighted by atomic mass is 9.93. The second kappa shape index (κ2) is 6.21. The van der Waals surface area contributed by atoms with Crippen LogP contribution < -0.4 is 10.6 Å². The number of aliphatic hydroxyl groups is 1. The molecule has 4 nitrogen and oxygen atoms in total. The van der Waals surface area contributed by atoms with Crippen molar-refractivity contribution in [3.05, 3.63) is 0 Å². The van der Waals surface area contributed by atoms with Gasteiger partial charge >= 0.3 is 0 Å². The van der Waals surface area contributed by atoms with Crippen LogP contribution in [0, 0.1) is 0 Å². The van der Waals surface area contributed by atoms with Gasteiger partial charge in [-0.25, -0.2) is 0 Å². The zero-order valence-electron chi connectivity index (χ0n) is 10.4. The van der Waals surface area contributed by atoms with Crippen LogP contribution in [-0.2, 0) is 4.79 Å². The number of rotatable bonds is 5. The highest BCUT2D eigenvalue weighted by molar-refractivity contribution is 5.82. The molecule has 1 aliphatic heterocycles. The van der Waals surface area contributed by atoms with Gasteiger partial charge in [-0.3, -0.25) is 4.79 Å². The van der Waals surface area contributed by atoms with Crippen LogP contribution in [0.2, 0.25) is 0 Å². The lowest BCUT2D eigenvalue weighted by molar-refractivity contribution is -0.125. The Morgan fingerprint density at radius 1 is 1.56 bits per heavy atom. The molecule has 0 aromatic carbocycles. The molecule has 4 heteroatoms. The molecule has 1 amide bonds. The van der Waals surface area contributed by atoms with Crippen molar-refractivity contribution in [2.45, 2.75) is 57.5 Å². The summed E-state index contributed by atoms with van der Waals surface area (Å²) in [6.07, 6.45) is 4.65. The Bertz CT molecular complexity index is 227. The minimum atomic E-state index is -0.273. The van der Waals surface area contributed by atoms with E-state index in [2.05, 4.69) is 10.6 Å². The summed E-state index contributed by atoms with van der Waals surface area (Å²) in [6, 6.07) is -0.0432. The van der Waals surface area contributed by atoms with Crippen LogP contribution in [0.15, 0.2) is 0 Å². The molecule has 0 aliphatic carbocycles. The maximum absolute atomic E-state index is 12.0. The van der Waals surface area contributed by atoms with Crippen molar-refractivity contribution in [1.29, 1.82) is 0 Å². The van der Waals surface area contributed by atoms with E-state index < -0.39 is 0 Å². The van der Waals surface area contributed by atoms with Gasteiger partial charge < -0.3 is 15.7 Å². The van der Waals surface area contributed by atoms with Gasteiger partial charge in [0, 0.05) is 12.1 Å². The van der Waals surface area contributed by atoms with Gasteiger partial charge in [0.25, 0.3) is 0 Å². The van der Waals surface area contributed by atoms with Crippen LogP contribution in [0.1, 0.15) is 46.0 Å². The van der Waals surface area contributed by atoms with E-state index in [9.17, 15) is 4.79 Å². The van der Waals surface area contributed by atoms with Gasteiger partial charge in [0.15, 0.2) is 0 Å². The summed E-state index contributed by atoms with van der Waals surface area (Å²) in [5.74, 6) is 0.0810. The summed E-state index contributed by atoms with van der Waals surface area (Å²) in [5.41, 5.74) is -0.273. The Balaban J connectivity index is 2.47. The van der Waals surface area contributed by atoms with Gasteiger partial charge in [-0.05, 0) is 39.2 Å². The van der Waals surface area contributed by atoms with Gasteiger partial charge in [-0.15, -0.1) is 0 Å². The highest BCUT2D eigenvalue weighted by Gasteiger charge is 2.28. The van der Waals surface area contributed by atoms with Crippen molar-refractivity contribution in [2.24, 2.45) is 0 Å². The molecular formula is C12H24N2O2. The van der Waals surface area contributed by atoms with E-state index in [1.807, 2.05) is 13.8 Å². The summed E-state index contributed by atoms with van der Waals surface area (Å²) in [5, 5.41) is 15.3. The summed E-state index contributed by atoms with van der Waals surface area (Å²) in [7, 11) is 0. The van der Waals surface area contributed by atoms with E-state index in [-0.39, 0.29) is 24.1 Å². The average Bonchev–Trinajstić information content (AvgIpc) is 2.30. The second-order valence-corrected chi connectivity index (χ2v) is 4.88. The lowest BCUT2D eigenvalue weighted by Crippen LogP contribution is -2.54. The van der Waals surface area contributed by atoms with Crippen LogP contribution >= 0.6 is 0 Å². The fourth-order valence-electron chi connectivity index (χ4n) is 2.03. The van der Waals surface area contributed by atoms with Crippen molar-refractivity contribution >= 4 is 5.91 Å². The highest BCUT2D eigenvalue weighted by Crippen LogP contribution is 2.15. The molecule has 0 radical (unpaired) electrons. The first-order chi connectivity index (χ1) is 7.61. The Morgan fingerprint density at radius 2 is 2.31 bits per heavy atom. The van der Waals surface area contributed by atoms with Crippen molar-refractivity contribution in [1.82, 2.24) is 10.6 Å². The molecule has 3 N–H and O–H groups in total. The lowest BCUT2D eigenvalue weighted by Gasteiger charge is -2.32. The third-order valence-corrected chi connectivity index (χ3v) is 3.50. The molecule has 0 saturated carbocycles. The summed E-state index contributed by atoms with van der Waals surface area (Å²) in [4.78, 5) is 12.0. The van der Waals surface area contributed by atoms with E-state index >= 15 is 0 Å². The Labute approximate surface area is 97.8 Å². The van der Waals surface area contributed by atoms with Crippen LogP contribution in [-0.4, -0.2) is 35.7 Å². The molecule has 0 aromatic heterocycles. The summed E-state index contributed by atoms with van der Waals surface area (Å²) < 4.78 is 0.